The zero-order valence-corrected chi connectivity index (χ0v) is 8.97. The van der Waals surface area contributed by atoms with E-state index in [0.29, 0.717) is 12.0 Å². The first-order valence-electron chi connectivity index (χ1n) is 6.15. The lowest BCUT2D eigenvalue weighted by molar-refractivity contribution is -0.0762. The van der Waals surface area contributed by atoms with Crippen LogP contribution in [0.1, 0.15) is 44.9 Å². The van der Waals surface area contributed by atoms with Crippen molar-refractivity contribution < 1.29 is 5.11 Å². The fraction of sp³-hybridized carbons (Fsp3) is 1.00. The summed E-state index contributed by atoms with van der Waals surface area (Å²) >= 11 is 0. The standard InChI is InChI=1S/C12H21NO/c14-10-12(6-7-12)13-8-11(9-13)4-2-1-3-5-11/h14H,1-10H2. The highest BCUT2D eigenvalue weighted by atomic mass is 16.3. The molecule has 1 heterocycles. The van der Waals surface area contributed by atoms with Crippen molar-refractivity contribution in [1.82, 2.24) is 4.90 Å². The van der Waals surface area contributed by atoms with Gasteiger partial charge in [-0.25, -0.2) is 0 Å². The van der Waals surface area contributed by atoms with E-state index in [4.69, 9.17) is 0 Å². The van der Waals surface area contributed by atoms with E-state index in [9.17, 15) is 5.11 Å². The summed E-state index contributed by atoms with van der Waals surface area (Å²) in [6.45, 7) is 2.96. The molecule has 1 N–H and O–H groups in total. The first-order valence-corrected chi connectivity index (χ1v) is 6.15. The van der Waals surface area contributed by atoms with Crippen molar-refractivity contribution in [3.05, 3.63) is 0 Å². The molecule has 3 fully saturated rings. The molecule has 0 bridgehead atoms. The van der Waals surface area contributed by atoms with Crippen molar-refractivity contribution in [3.63, 3.8) is 0 Å². The lowest BCUT2D eigenvalue weighted by Crippen LogP contribution is -2.62. The molecule has 1 saturated heterocycles. The Morgan fingerprint density at radius 2 is 1.57 bits per heavy atom. The Hall–Kier alpha value is -0.0800. The van der Waals surface area contributed by atoms with Crippen molar-refractivity contribution >= 4 is 0 Å². The van der Waals surface area contributed by atoms with E-state index in [1.54, 1.807) is 0 Å². The van der Waals surface area contributed by atoms with E-state index >= 15 is 0 Å². The van der Waals surface area contributed by atoms with Crippen LogP contribution in [0.5, 0.6) is 0 Å². The van der Waals surface area contributed by atoms with Gasteiger partial charge in [-0.15, -0.1) is 0 Å². The first-order chi connectivity index (χ1) is 6.79. The molecule has 0 aromatic heterocycles. The second-order valence-corrected chi connectivity index (χ2v) is 5.80. The van der Waals surface area contributed by atoms with Crippen LogP contribution in [0.4, 0.5) is 0 Å². The van der Waals surface area contributed by atoms with Crippen LogP contribution in [0.15, 0.2) is 0 Å². The topological polar surface area (TPSA) is 23.5 Å². The normalized spacial score (nSPS) is 34.1. The molecule has 2 saturated carbocycles. The van der Waals surface area contributed by atoms with Crippen LogP contribution < -0.4 is 0 Å². The van der Waals surface area contributed by atoms with Crippen LogP contribution in [0.2, 0.25) is 0 Å². The van der Waals surface area contributed by atoms with Crippen LogP contribution in [-0.2, 0) is 0 Å². The maximum Gasteiger partial charge on any atom is 0.0615 e. The van der Waals surface area contributed by atoms with E-state index in [1.165, 1.54) is 58.0 Å². The van der Waals surface area contributed by atoms with Gasteiger partial charge >= 0.3 is 0 Å². The van der Waals surface area contributed by atoms with Gasteiger partial charge in [0, 0.05) is 18.6 Å². The van der Waals surface area contributed by atoms with Crippen LogP contribution in [0, 0.1) is 5.41 Å². The Kier molecular flexibility index (Phi) is 1.94. The van der Waals surface area contributed by atoms with Gasteiger partial charge in [0.15, 0.2) is 0 Å². The number of aliphatic hydroxyl groups excluding tert-OH is 1. The largest absolute Gasteiger partial charge is 0.394 e. The minimum atomic E-state index is 0.253. The third-order valence-corrected chi connectivity index (χ3v) is 4.76. The maximum absolute atomic E-state index is 9.34. The monoisotopic (exact) mass is 195 g/mol. The van der Waals surface area contributed by atoms with E-state index in [2.05, 4.69) is 4.90 Å². The number of rotatable bonds is 2. The fourth-order valence-electron chi connectivity index (χ4n) is 3.44. The predicted octanol–water partition coefficient (Wildman–Crippen LogP) is 1.78. The predicted molar refractivity (Wildman–Crippen MR) is 56.1 cm³/mol. The molecule has 0 amide bonds. The summed E-state index contributed by atoms with van der Waals surface area (Å²) in [6, 6.07) is 0. The summed E-state index contributed by atoms with van der Waals surface area (Å²) in [5, 5.41) is 9.34. The van der Waals surface area contributed by atoms with Gasteiger partial charge in [0.2, 0.25) is 0 Å². The average molecular weight is 195 g/mol. The Morgan fingerprint density at radius 1 is 0.929 bits per heavy atom. The molecular formula is C12H21NO. The number of hydrogen-bond donors (Lipinski definition) is 1. The fourth-order valence-corrected chi connectivity index (χ4v) is 3.44. The summed E-state index contributed by atoms with van der Waals surface area (Å²) in [7, 11) is 0. The Morgan fingerprint density at radius 3 is 2.07 bits per heavy atom. The van der Waals surface area contributed by atoms with E-state index in [0.717, 1.165) is 0 Å². The molecule has 3 aliphatic rings. The van der Waals surface area contributed by atoms with Crippen LogP contribution in [0.25, 0.3) is 0 Å². The molecule has 2 aliphatic carbocycles. The Labute approximate surface area is 86.3 Å². The van der Waals surface area contributed by atoms with Gasteiger partial charge in [-0.1, -0.05) is 19.3 Å². The van der Waals surface area contributed by atoms with Crippen LogP contribution in [0.3, 0.4) is 0 Å². The lowest BCUT2D eigenvalue weighted by Gasteiger charge is -2.55. The third kappa shape index (κ3) is 1.24. The minimum absolute atomic E-state index is 0.253. The molecule has 1 spiro atoms. The van der Waals surface area contributed by atoms with Crippen molar-refractivity contribution in [1.29, 1.82) is 0 Å². The molecule has 0 aromatic rings. The second kappa shape index (κ2) is 2.96. The van der Waals surface area contributed by atoms with Crippen LogP contribution >= 0.6 is 0 Å². The van der Waals surface area contributed by atoms with Gasteiger partial charge in [0.1, 0.15) is 0 Å². The van der Waals surface area contributed by atoms with Gasteiger partial charge in [-0.05, 0) is 31.1 Å². The van der Waals surface area contributed by atoms with E-state index in [-0.39, 0.29) is 5.54 Å². The lowest BCUT2D eigenvalue weighted by atomic mass is 9.68. The highest BCUT2D eigenvalue weighted by Crippen LogP contribution is 2.52. The quantitative estimate of drug-likeness (QED) is 0.726. The van der Waals surface area contributed by atoms with Gasteiger partial charge < -0.3 is 5.11 Å². The maximum atomic E-state index is 9.34. The zero-order valence-electron chi connectivity index (χ0n) is 8.97. The first kappa shape index (κ1) is 9.17. The molecule has 0 unspecified atom stereocenters. The third-order valence-electron chi connectivity index (χ3n) is 4.76. The smallest absolute Gasteiger partial charge is 0.0615 e. The number of nitrogens with zero attached hydrogens (tertiary/aromatic N) is 1. The van der Waals surface area contributed by atoms with Crippen molar-refractivity contribution in [2.45, 2.75) is 50.5 Å². The van der Waals surface area contributed by atoms with Crippen molar-refractivity contribution in [2.75, 3.05) is 19.7 Å². The summed E-state index contributed by atoms with van der Waals surface area (Å²) in [5.74, 6) is 0. The number of aliphatic hydroxyl groups is 1. The van der Waals surface area contributed by atoms with Gasteiger partial charge in [0.05, 0.1) is 6.61 Å². The summed E-state index contributed by atoms with van der Waals surface area (Å²) in [6.07, 6.45) is 9.71. The molecule has 2 heteroatoms. The highest BCUT2D eigenvalue weighted by molar-refractivity contribution is 5.11. The highest BCUT2D eigenvalue weighted by Gasteiger charge is 2.56. The average Bonchev–Trinajstić information content (AvgIpc) is 2.96. The molecule has 3 rings (SSSR count). The molecule has 0 radical (unpaired) electrons. The van der Waals surface area contributed by atoms with Crippen LogP contribution in [-0.4, -0.2) is 35.2 Å². The number of likely N-dealkylation sites (tertiary alicyclic amines) is 1. The van der Waals surface area contributed by atoms with E-state index < -0.39 is 0 Å². The summed E-state index contributed by atoms with van der Waals surface area (Å²) < 4.78 is 0. The molecule has 80 valence electrons. The molecule has 0 aromatic carbocycles. The second-order valence-electron chi connectivity index (χ2n) is 5.80. The number of hydrogen-bond acceptors (Lipinski definition) is 2. The van der Waals surface area contributed by atoms with Crippen molar-refractivity contribution in [3.8, 4) is 0 Å². The molecule has 0 atom stereocenters. The minimum Gasteiger partial charge on any atom is -0.394 e. The van der Waals surface area contributed by atoms with E-state index in [1.807, 2.05) is 0 Å². The molecule has 14 heavy (non-hydrogen) atoms. The molecular weight excluding hydrogens is 174 g/mol. The van der Waals surface area contributed by atoms with Gasteiger partial charge in [0.25, 0.3) is 0 Å². The SMILES string of the molecule is OCC1(N2CC3(CCCCC3)C2)CC1. The summed E-state index contributed by atoms with van der Waals surface area (Å²) in [5.41, 5.74) is 0.936. The Balaban J connectivity index is 1.59. The van der Waals surface area contributed by atoms with Gasteiger partial charge in [-0.2, -0.15) is 0 Å². The summed E-state index contributed by atoms with van der Waals surface area (Å²) in [4.78, 5) is 2.55. The Bertz CT molecular complexity index is 220. The molecule has 1 aliphatic heterocycles. The van der Waals surface area contributed by atoms with Crippen molar-refractivity contribution in [2.24, 2.45) is 5.41 Å². The molecule has 2 nitrogen and oxygen atoms in total. The van der Waals surface area contributed by atoms with Gasteiger partial charge in [-0.3, -0.25) is 4.90 Å². The zero-order chi connectivity index (χ0) is 9.65.